The fourth-order valence-electron chi connectivity index (χ4n) is 2.27. The lowest BCUT2D eigenvalue weighted by Crippen LogP contribution is -2.36. The molecule has 1 aromatic rings. The Labute approximate surface area is 144 Å². The van der Waals surface area contributed by atoms with E-state index in [-0.39, 0.29) is 30.6 Å². The minimum Gasteiger partial charge on any atom is -0.497 e. The van der Waals surface area contributed by atoms with Gasteiger partial charge in [0.05, 0.1) is 24.7 Å². The van der Waals surface area contributed by atoms with E-state index in [4.69, 9.17) is 15.2 Å². The molecule has 0 bridgehead atoms. The van der Waals surface area contributed by atoms with Crippen LogP contribution in [0.2, 0.25) is 0 Å². The highest BCUT2D eigenvalue weighted by Crippen LogP contribution is 2.30. The standard InChI is InChI=1S/C16H20N2O5S/c1-3-23-16(21)12(17)9-24-13-8-14(19)18(15(13)20)10-4-6-11(22-2)7-5-10/h4-7,12-13H,3,8-9,17H2,1-2H3/t12-,13+/m1/s1. The zero-order valence-electron chi connectivity index (χ0n) is 13.6. The van der Waals surface area contributed by atoms with Gasteiger partial charge in [0.15, 0.2) is 0 Å². The first-order chi connectivity index (χ1) is 11.5. The van der Waals surface area contributed by atoms with Crippen LogP contribution in [0.15, 0.2) is 24.3 Å². The second-order valence-electron chi connectivity index (χ2n) is 5.15. The van der Waals surface area contributed by atoms with Crippen LogP contribution in [0, 0.1) is 0 Å². The van der Waals surface area contributed by atoms with E-state index in [1.54, 1.807) is 38.3 Å². The molecule has 1 fully saturated rings. The molecule has 1 saturated heterocycles. The zero-order valence-corrected chi connectivity index (χ0v) is 14.4. The monoisotopic (exact) mass is 352 g/mol. The topological polar surface area (TPSA) is 98.9 Å². The van der Waals surface area contributed by atoms with Crippen LogP contribution in [0.3, 0.4) is 0 Å². The molecule has 2 rings (SSSR count). The molecule has 24 heavy (non-hydrogen) atoms. The summed E-state index contributed by atoms with van der Waals surface area (Å²) in [5.74, 6) is -0.213. The lowest BCUT2D eigenvalue weighted by molar-refractivity contribution is -0.144. The number of thioether (sulfide) groups is 1. The molecule has 2 N–H and O–H groups in total. The molecule has 7 nitrogen and oxygen atoms in total. The third-order valence-corrected chi connectivity index (χ3v) is 4.82. The maximum Gasteiger partial charge on any atom is 0.323 e. The molecule has 0 radical (unpaired) electrons. The number of carbonyl (C=O) groups is 3. The molecular weight excluding hydrogens is 332 g/mol. The number of nitrogens with two attached hydrogens (primary N) is 1. The van der Waals surface area contributed by atoms with Crippen molar-refractivity contribution in [3.05, 3.63) is 24.3 Å². The van der Waals surface area contributed by atoms with Gasteiger partial charge in [0.25, 0.3) is 0 Å². The Morgan fingerprint density at radius 1 is 1.38 bits per heavy atom. The lowest BCUT2D eigenvalue weighted by atomic mass is 10.3. The van der Waals surface area contributed by atoms with Gasteiger partial charge in [-0.15, -0.1) is 11.8 Å². The van der Waals surface area contributed by atoms with E-state index in [1.807, 2.05) is 0 Å². The molecule has 0 aromatic heterocycles. The van der Waals surface area contributed by atoms with Gasteiger partial charge < -0.3 is 15.2 Å². The van der Waals surface area contributed by atoms with Crippen LogP contribution >= 0.6 is 11.8 Å². The highest BCUT2D eigenvalue weighted by molar-refractivity contribution is 8.00. The van der Waals surface area contributed by atoms with Crippen LogP contribution in [-0.4, -0.2) is 48.5 Å². The van der Waals surface area contributed by atoms with Crippen molar-refractivity contribution in [2.75, 3.05) is 24.4 Å². The van der Waals surface area contributed by atoms with Gasteiger partial charge in [0.2, 0.25) is 11.8 Å². The highest BCUT2D eigenvalue weighted by atomic mass is 32.2. The molecule has 1 aliphatic rings. The van der Waals surface area contributed by atoms with Gasteiger partial charge in [0, 0.05) is 12.2 Å². The highest BCUT2D eigenvalue weighted by Gasteiger charge is 2.40. The van der Waals surface area contributed by atoms with Gasteiger partial charge in [-0.2, -0.15) is 0 Å². The first-order valence-electron chi connectivity index (χ1n) is 7.52. The molecule has 2 amide bonds. The lowest BCUT2D eigenvalue weighted by Gasteiger charge is -2.16. The average molecular weight is 352 g/mol. The van der Waals surface area contributed by atoms with Gasteiger partial charge >= 0.3 is 5.97 Å². The van der Waals surface area contributed by atoms with Crippen molar-refractivity contribution < 1.29 is 23.9 Å². The Kier molecular flexibility index (Phi) is 6.22. The largest absolute Gasteiger partial charge is 0.497 e. The van der Waals surface area contributed by atoms with Crippen molar-refractivity contribution in [3.8, 4) is 5.75 Å². The number of hydrogen-bond donors (Lipinski definition) is 1. The Bertz CT molecular complexity index is 619. The minimum atomic E-state index is -0.812. The zero-order chi connectivity index (χ0) is 17.7. The fourth-order valence-corrected chi connectivity index (χ4v) is 3.36. The van der Waals surface area contributed by atoms with E-state index in [2.05, 4.69) is 0 Å². The predicted octanol–water partition coefficient (Wildman–Crippen LogP) is 0.951. The number of methoxy groups -OCH3 is 1. The number of rotatable bonds is 7. The molecule has 0 aliphatic carbocycles. The van der Waals surface area contributed by atoms with Gasteiger partial charge in [-0.05, 0) is 31.2 Å². The normalized spacial score (nSPS) is 18.6. The maximum atomic E-state index is 12.5. The number of anilines is 1. The summed E-state index contributed by atoms with van der Waals surface area (Å²) in [5, 5.41) is -0.542. The van der Waals surface area contributed by atoms with E-state index in [0.29, 0.717) is 11.4 Å². The number of ether oxygens (including phenoxy) is 2. The van der Waals surface area contributed by atoms with Crippen molar-refractivity contribution >= 4 is 35.2 Å². The fraction of sp³-hybridized carbons (Fsp3) is 0.438. The summed E-state index contributed by atoms with van der Waals surface area (Å²) in [5.41, 5.74) is 6.22. The van der Waals surface area contributed by atoms with E-state index < -0.39 is 17.3 Å². The first-order valence-corrected chi connectivity index (χ1v) is 8.57. The molecule has 0 saturated carbocycles. The number of amides is 2. The van der Waals surface area contributed by atoms with E-state index >= 15 is 0 Å². The summed E-state index contributed by atoms with van der Waals surface area (Å²) in [6.45, 7) is 1.95. The number of carbonyl (C=O) groups excluding carboxylic acids is 3. The van der Waals surface area contributed by atoms with E-state index in [1.165, 1.54) is 11.8 Å². The van der Waals surface area contributed by atoms with Gasteiger partial charge in [-0.1, -0.05) is 0 Å². The summed E-state index contributed by atoms with van der Waals surface area (Å²) >= 11 is 1.20. The SMILES string of the molecule is CCOC(=O)[C@H](N)CS[C@H]1CC(=O)N(c2ccc(OC)cc2)C1=O. The first kappa shape index (κ1) is 18.3. The summed E-state index contributed by atoms with van der Waals surface area (Å²) in [7, 11) is 1.54. The van der Waals surface area contributed by atoms with Crippen molar-refractivity contribution in [1.82, 2.24) is 0 Å². The van der Waals surface area contributed by atoms with E-state index in [0.717, 1.165) is 4.90 Å². The Hall–Kier alpha value is -2.06. The minimum absolute atomic E-state index is 0.0884. The summed E-state index contributed by atoms with van der Waals surface area (Å²) in [6, 6.07) is 5.88. The second-order valence-corrected chi connectivity index (χ2v) is 6.39. The summed E-state index contributed by atoms with van der Waals surface area (Å²) in [6.07, 6.45) is 0.0884. The third-order valence-electron chi connectivity index (χ3n) is 3.50. The molecule has 1 heterocycles. The molecular formula is C16H20N2O5S. The maximum absolute atomic E-state index is 12.5. The Balaban J connectivity index is 1.99. The number of imide groups is 1. The smallest absolute Gasteiger partial charge is 0.323 e. The van der Waals surface area contributed by atoms with Gasteiger partial charge in [-0.3, -0.25) is 14.4 Å². The number of hydrogen-bond acceptors (Lipinski definition) is 7. The molecule has 1 aromatic carbocycles. The van der Waals surface area contributed by atoms with Crippen molar-refractivity contribution in [1.29, 1.82) is 0 Å². The van der Waals surface area contributed by atoms with Gasteiger partial charge in [0.1, 0.15) is 11.8 Å². The quantitative estimate of drug-likeness (QED) is 0.576. The van der Waals surface area contributed by atoms with E-state index in [9.17, 15) is 14.4 Å². The summed E-state index contributed by atoms with van der Waals surface area (Å²) in [4.78, 5) is 37.3. The van der Waals surface area contributed by atoms with Crippen LogP contribution in [0.5, 0.6) is 5.75 Å². The Morgan fingerprint density at radius 2 is 2.04 bits per heavy atom. The molecule has 1 aliphatic heterocycles. The molecule has 0 spiro atoms. The van der Waals surface area contributed by atoms with Gasteiger partial charge in [-0.25, -0.2) is 4.90 Å². The van der Waals surface area contributed by atoms with Crippen LogP contribution < -0.4 is 15.4 Å². The number of esters is 1. The average Bonchev–Trinajstić information content (AvgIpc) is 2.86. The van der Waals surface area contributed by atoms with Crippen LogP contribution in [-0.2, 0) is 19.1 Å². The molecule has 0 unspecified atom stereocenters. The number of nitrogens with zero attached hydrogens (tertiary/aromatic N) is 1. The number of benzene rings is 1. The third kappa shape index (κ3) is 4.07. The predicted molar refractivity (Wildman–Crippen MR) is 91.0 cm³/mol. The van der Waals surface area contributed by atoms with Crippen LogP contribution in [0.4, 0.5) is 5.69 Å². The van der Waals surface area contributed by atoms with Crippen LogP contribution in [0.1, 0.15) is 13.3 Å². The second kappa shape index (κ2) is 8.16. The molecule has 130 valence electrons. The molecule has 2 atom stereocenters. The van der Waals surface area contributed by atoms with Crippen molar-refractivity contribution in [2.24, 2.45) is 5.73 Å². The molecule has 8 heteroatoms. The Morgan fingerprint density at radius 3 is 2.62 bits per heavy atom. The van der Waals surface area contributed by atoms with Crippen LogP contribution in [0.25, 0.3) is 0 Å². The van der Waals surface area contributed by atoms with Crippen molar-refractivity contribution in [2.45, 2.75) is 24.6 Å². The summed E-state index contributed by atoms with van der Waals surface area (Å²) < 4.78 is 9.89. The van der Waals surface area contributed by atoms with Crippen molar-refractivity contribution in [3.63, 3.8) is 0 Å².